The van der Waals surface area contributed by atoms with Crippen LogP contribution in [0.25, 0.3) is 0 Å². The van der Waals surface area contributed by atoms with Crippen LogP contribution in [0.4, 0.5) is 0 Å². The van der Waals surface area contributed by atoms with Gasteiger partial charge in [0.05, 0.1) is 0 Å². The average Bonchev–Trinajstić information content (AvgIpc) is 2.01. The van der Waals surface area contributed by atoms with Crippen molar-refractivity contribution in [2.24, 2.45) is 0 Å². The molecule has 0 aliphatic carbocycles. The maximum absolute atomic E-state index is 2.35. The minimum atomic E-state index is 0. The Bertz CT molecular complexity index is 298. The summed E-state index contributed by atoms with van der Waals surface area (Å²) in [6.45, 7) is 11.3. The van der Waals surface area contributed by atoms with Crippen LogP contribution in [0.2, 0.25) is 0 Å². The molecule has 0 saturated heterocycles. The van der Waals surface area contributed by atoms with E-state index in [9.17, 15) is 0 Å². The van der Waals surface area contributed by atoms with Crippen molar-refractivity contribution in [1.29, 1.82) is 0 Å². The van der Waals surface area contributed by atoms with E-state index in [1.807, 2.05) is 0 Å². The van der Waals surface area contributed by atoms with E-state index in [4.69, 9.17) is 0 Å². The highest BCUT2D eigenvalue weighted by molar-refractivity contribution is 7.48. The van der Waals surface area contributed by atoms with Crippen LogP contribution >= 0.6 is 21.0 Å². The van der Waals surface area contributed by atoms with Crippen LogP contribution in [-0.2, 0) is 0 Å². The maximum atomic E-state index is 2.35. The van der Waals surface area contributed by atoms with Gasteiger partial charge in [0.25, 0.3) is 0 Å². The third-order valence-electron chi connectivity index (χ3n) is 2.59. The van der Waals surface area contributed by atoms with Crippen molar-refractivity contribution in [2.75, 3.05) is 0 Å². The minimum Gasteiger partial charge on any atom is -0.147 e. The topological polar surface area (TPSA) is 0 Å². The summed E-state index contributed by atoms with van der Waals surface area (Å²) < 4.78 is 0. The summed E-state index contributed by atoms with van der Waals surface area (Å²) in [6.07, 6.45) is 1.25. The number of hydrogen-bond donors (Lipinski definition) is 0. The Kier molecular flexibility index (Phi) is 5.85. The van der Waals surface area contributed by atoms with Crippen LogP contribution in [0.15, 0.2) is 18.2 Å². The lowest BCUT2D eigenvalue weighted by molar-refractivity contribution is 0.681. The monoisotopic (exact) mass is 244 g/mol. The van der Waals surface area contributed by atoms with Crippen molar-refractivity contribution in [3.8, 4) is 0 Å². The molecule has 0 aromatic heterocycles. The Hall–Kier alpha value is -0.0600. The number of hydrogen-bond acceptors (Lipinski definition) is 0. The number of benzene rings is 1. The number of halogens is 1. The molecule has 0 spiro atoms. The molecule has 1 aromatic carbocycles. The van der Waals surface area contributed by atoms with Gasteiger partial charge in [0, 0.05) is 0 Å². The molecule has 2 heteroatoms. The van der Waals surface area contributed by atoms with Gasteiger partial charge in [-0.15, -0.1) is 12.4 Å². The molecule has 0 heterocycles. The molecule has 0 saturated carbocycles. The highest BCUT2D eigenvalue weighted by atomic mass is 35.5. The van der Waals surface area contributed by atoms with E-state index in [2.05, 4.69) is 52.8 Å². The van der Waals surface area contributed by atoms with E-state index in [0.717, 1.165) is 8.58 Å². The summed E-state index contributed by atoms with van der Waals surface area (Å²) in [4.78, 5) is 0. The predicted octanol–water partition coefficient (Wildman–Crippen LogP) is 4.22. The fraction of sp³-hybridized carbons (Fsp3) is 0.538. The van der Waals surface area contributed by atoms with Crippen molar-refractivity contribution >= 4 is 26.3 Å². The molecule has 0 aliphatic heterocycles. The second kappa shape index (κ2) is 5.87. The smallest absolute Gasteiger partial charge is 0.0141 e. The summed E-state index contributed by atoms with van der Waals surface area (Å²) in [5, 5.41) is 1.97. The Balaban J connectivity index is 0.00000196. The third-order valence-corrected chi connectivity index (χ3v) is 4.20. The van der Waals surface area contributed by atoms with Gasteiger partial charge in [0.2, 0.25) is 0 Å². The second-order valence-electron chi connectivity index (χ2n) is 4.74. The van der Waals surface area contributed by atoms with Gasteiger partial charge < -0.3 is 0 Å². The highest BCUT2D eigenvalue weighted by Crippen LogP contribution is 2.33. The summed E-state index contributed by atoms with van der Waals surface area (Å²) >= 11 is 0. The first-order valence-corrected chi connectivity index (χ1v) is 6.29. The van der Waals surface area contributed by atoms with Crippen molar-refractivity contribution in [2.45, 2.75) is 46.2 Å². The van der Waals surface area contributed by atoms with Gasteiger partial charge in [-0.25, -0.2) is 0 Å². The molecule has 0 fully saturated rings. The van der Waals surface area contributed by atoms with Gasteiger partial charge in [-0.05, 0) is 30.7 Å². The zero-order chi connectivity index (χ0) is 10.8. The van der Waals surface area contributed by atoms with Gasteiger partial charge in [0.1, 0.15) is 0 Å². The summed E-state index contributed by atoms with van der Waals surface area (Å²) in [5.41, 5.74) is 2.78. The third kappa shape index (κ3) is 5.00. The van der Waals surface area contributed by atoms with Crippen molar-refractivity contribution in [1.82, 2.24) is 0 Å². The molecule has 1 aromatic rings. The molecule has 0 N–H and O–H groups in total. The lowest BCUT2D eigenvalue weighted by Gasteiger charge is -2.23. The van der Waals surface area contributed by atoms with Crippen LogP contribution in [0.5, 0.6) is 0 Å². The number of aryl methyl sites for hydroxylation is 2. The number of rotatable bonds is 3. The molecule has 1 atom stereocenters. The van der Waals surface area contributed by atoms with Gasteiger partial charge >= 0.3 is 0 Å². The Morgan fingerprint density at radius 3 is 1.93 bits per heavy atom. The van der Waals surface area contributed by atoms with Crippen LogP contribution < -0.4 is 5.30 Å². The fourth-order valence-corrected chi connectivity index (χ4v) is 3.08. The Labute approximate surface area is 102 Å². The van der Waals surface area contributed by atoms with Crippen LogP contribution in [0.1, 0.15) is 38.3 Å². The molecule has 1 unspecified atom stereocenters. The fourth-order valence-electron chi connectivity index (χ4n) is 1.53. The predicted molar refractivity (Wildman–Crippen MR) is 75.5 cm³/mol. The van der Waals surface area contributed by atoms with Crippen molar-refractivity contribution in [3.05, 3.63) is 29.3 Å². The largest absolute Gasteiger partial charge is 0.147 e. The van der Waals surface area contributed by atoms with Crippen molar-refractivity contribution in [3.63, 3.8) is 0 Å². The summed E-state index contributed by atoms with van der Waals surface area (Å²) in [6, 6.07) is 6.89. The molecule has 0 amide bonds. The van der Waals surface area contributed by atoms with Crippen LogP contribution in [0, 0.1) is 13.8 Å². The molecule has 1 rings (SSSR count). The Morgan fingerprint density at radius 2 is 1.53 bits per heavy atom. The van der Waals surface area contributed by atoms with E-state index in [-0.39, 0.29) is 12.4 Å². The first kappa shape index (κ1) is 14.9. The zero-order valence-electron chi connectivity index (χ0n) is 10.3. The lowest BCUT2D eigenvalue weighted by atomic mass is 10.1. The first-order valence-electron chi connectivity index (χ1n) is 5.29. The standard InChI is InChI=1S/C13H21P.ClH/c1-6-13(4,5)14-12-8-10(2)7-11(3)9-12;/h7-9,14H,6H2,1-5H3;1H. The van der Waals surface area contributed by atoms with E-state index in [0.29, 0.717) is 5.16 Å². The molecule has 0 nitrogen and oxygen atoms in total. The summed E-state index contributed by atoms with van der Waals surface area (Å²) in [7, 11) is 0.924. The van der Waals surface area contributed by atoms with Gasteiger partial charge in [-0.1, -0.05) is 58.7 Å². The molecule has 0 aliphatic rings. The van der Waals surface area contributed by atoms with Gasteiger partial charge in [-0.3, -0.25) is 0 Å². The van der Waals surface area contributed by atoms with E-state index >= 15 is 0 Å². The maximum Gasteiger partial charge on any atom is -0.0141 e. The van der Waals surface area contributed by atoms with E-state index < -0.39 is 0 Å². The van der Waals surface area contributed by atoms with E-state index in [1.54, 1.807) is 0 Å². The van der Waals surface area contributed by atoms with Gasteiger partial charge in [-0.2, -0.15) is 0 Å². The van der Waals surface area contributed by atoms with Crippen molar-refractivity contribution < 1.29 is 0 Å². The summed E-state index contributed by atoms with van der Waals surface area (Å²) in [5.74, 6) is 0. The quantitative estimate of drug-likeness (QED) is 0.699. The molecule has 0 radical (unpaired) electrons. The van der Waals surface area contributed by atoms with Crippen LogP contribution in [-0.4, -0.2) is 5.16 Å². The Morgan fingerprint density at radius 1 is 1.07 bits per heavy atom. The zero-order valence-corrected chi connectivity index (χ0v) is 12.2. The van der Waals surface area contributed by atoms with Crippen LogP contribution in [0.3, 0.4) is 0 Å². The average molecular weight is 245 g/mol. The lowest BCUT2D eigenvalue weighted by Crippen LogP contribution is -2.15. The molecule has 86 valence electrons. The minimum absolute atomic E-state index is 0. The SMILES string of the molecule is CCC(C)(C)Pc1cc(C)cc(C)c1.Cl. The molecule has 15 heavy (non-hydrogen) atoms. The highest BCUT2D eigenvalue weighted by Gasteiger charge is 2.15. The molecular formula is C13H22ClP. The normalized spacial score (nSPS) is 11.8. The van der Waals surface area contributed by atoms with Gasteiger partial charge in [0.15, 0.2) is 0 Å². The second-order valence-corrected chi connectivity index (χ2v) is 6.92. The molecule has 0 bridgehead atoms. The van der Waals surface area contributed by atoms with E-state index in [1.165, 1.54) is 22.9 Å². The first-order chi connectivity index (χ1) is 6.43. The molecular weight excluding hydrogens is 223 g/mol.